The van der Waals surface area contributed by atoms with Gasteiger partial charge < -0.3 is 0 Å². The van der Waals surface area contributed by atoms with Crippen molar-refractivity contribution in [3.05, 3.63) is 0 Å². The van der Waals surface area contributed by atoms with Crippen molar-refractivity contribution >= 4 is 17.8 Å². The van der Waals surface area contributed by atoms with Gasteiger partial charge in [0, 0.05) is 6.04 Å². The van der Waals surface area contributed by atoms with Crippen molar-refractivity contribution in [2.24, 2.45) is 5.41 Å². The highest BCUT2D eigenvalue weighted by Gasteiger charge is 2.55. The molecule has 4 amide bonds. The highest BCUT2D eigenvalue weighted by Crippen LogP contribution is 2.42. The lowest BCUT2D eigenvalue weighted by atomic mass is 9.70. The van der Waals surface area contributed by atoms with Gasteiger partial charge in [0.25, 0.3) is 0 Å². The van der Waals surface area contributed by atoms with E-state index >= 15 is 0 Å². The van der Waals surface area contributed by atoms with Gasteiger partial charge in [-0.15, -0.1) is 0 Å². The van der Waals surface area contributed by atoms with Gasteiger partial charge in [-0.2, -0.15) is 0 Å². The maximum atomic E-state index is 12.6. The second kappa shape index (κ2) is 4.07. The van der Waals surface area contributed by atoms with Crippen LogP contribution in [0.25, 0.3) is 0 Å². The molecule has 1 aliphatic heterocycles. The van der Waals surface area contributed by atoms with Crippen molar-refractivity contribution in [3.63, 3.8) is 0 Å². The Morgan fingerprint density at radius 2 is 1.67 bits per heavy atom. The molecule has 0 aromatic carbocycles. The number of nitrogens with zero attached hydrogens (tertiary/aromatic N) is 1. The largest absolute Gasteiger partial charge is 0.331 e. The second-order valence-corrected chi connectivity index (χ2v) is 5.66. The number of imide groups is 2. The molecule has 0 unspecified atom stereocenters. The van der Waals surface area contributed by atoms with E-state index in [4.69, 9.17) is 0 Å². The van der Waals surface area contributed by atoms with Crippen LogP contribution in [-0.2, 0) is 9.59 Å². The van der Waals surface area contributed by atoms with E-state index in [1.165, 1.54) is 4.90 Å². The molecule has 3 aliphatic rings. The summed E-state index contributed by atoms with van der Waals surface area (Å²) in [5.74, 6) is -0.603. The number of hydrogen-bond donors (Lipinski definition) is 1. The summed E-state index contributed by atoms with van der Waals surface area (Å²) < 4.78 is 0. The molecule has 0 aromatic heterocycles. The predicted molar refractivity (Wildman–Crippen MR) is 63.5 cm³/mol. The van der Waals surface area contributed by atoms with Crippen LogP contribution in [0.4, 0.5) is 4.79 Å². The van der Waals surface area contributed by atoms with Crippen LogP contribution in [0.2, 0.25) is 0 Å². The first-order chi connectivity index (χ1) is 8.65. The van der Waals surface area contributed by atoms with E-state index in [0.29, 0.717) is 12.8 Å². The van der Waals surface area contributed by atoms with Crippen LogP contribution >= 0.6 is 0 Å². The molecule has 18 heavy (non-hydrogen) atoms. The molecule has 3 rings (SSSR count). The molecule has 1 spiro atoms. The SMILES string of the molecule is O=C1NC(=O)C2(CCCCC2)C(=O)N1C1CCC1. The Morgan fingerprint density at radius 3 is 2.22 bits per heavy atom. The summed E-state index contributed by atoms with van der Waals surface area (Å²) >= 11 is 0. The summed E-state index contributed by atoms with van der Waals surface area (Å²) in [6.07, 6.45) is 6.86. The first-order valence-electron chi connectivity index (χ1n) is 6.84. The first-order valence-corrected chi connectivity index (χ1v) is 6.84. The van der Waals surface area contributed by atoms with E-state index in [1.807, 2.05) is 0 Å². The van der Waals surface area contributed by atoms with Gasteiger partial charge in [0.15, 0.2) is 0 Å². The maximum absolute atomic E-state index is 12.6. The van der Waals surface area contributed by atoms with Crippen LogP contribution in [0.1, 0.15) is 51.4 Å². The van der Waals surface area contributed by atoms with Crippen LogP contribution in [0.3, 0.4) is 0 Å². The lowest BCUT2D eigenvalue weighted by Gasteiger charge is -2.46. The summed E-state index contributed by atoms with van der Waals surface area (Å²) in [5, 5.41) is 2.40. The van der Waals surface area contributed by atoms with E-state index in [0.717, 1.165) is 38.5 Å². The molecule has 1 heterocycles. The fourth-order valence-electron chi connectivity index (χ4n) is 3.27. The lowest BCUT2D eigenvalue weighted by molar-refractivity contribution is -0.156. The molecule has 2 aliphatic carbocycles. The van der Waals surface area contributed by atoms with Gasteiger partial charge in [-0.25, -0.2) is 4.79 Å². The van der Waals surface area contributed by atoms with E-state index in [-0.39, 0.29) is 17.9 Å². The molecule has 1 N–H and O–H groups in total. The number of carbonyl (C=O) groups excluding carboxylic acids is 3. The van der Waals surface area contributed by atoms with Crippen LogP contribution in [-0.4, -0.2) is 28.8 Å². The van der Waals surface area contributed by atoms with Crippen LogP contribution in [0, 0.1) is 5.41 Å². The zero-order chi connectivity index (χ0) is 12.8. The highest BCUT2D eigenvalue weighted by molar-refractivity contribution is 6.19. The maximum Gasteiger partial charge on any atom is 0.331 e. The van der Waals surface area contributed by atoms with E-state index in [9.17, 15) is 14.4 Å². The minimum absolute atomic E-state index is 0.0180. The Hall–Kier alpha value is -1.39. The Bertz CT molecular complexity index is 408. The second-order valence-electron chi connectivity index (χ2n) is 5.66. The van der Waals surface area contributed by atoms with Gasteiger partial charge in [-0.1, -0.05) is 19.3 Å². The summed E-state index contributed by atoms with van der Waals surface area (Å²) in [6, 6.07) is -0.490. The van der Waals surface area contributed by atoms with Crippen LogP contribution in [0.15, 0.2) is 0 Å². The molecule has 0 radical (unpaired) electrons. The zero-order valence-corrected chi connectivity index (χ0v) is 10.4. The van der Waals surface area contributed by atoms with Gasteiger partial charge in [0.05, 0.1) is 0 Å². The molecule has 3 fully saturated rings. The number of nitrogens with one attached hydrogen (secondary N) is 1. The van der Waals surface area contributed by atoms with Crippen molar-refractivity contribution in [1.29, 1.82) is 0 Å². The molecule has 0 atom stereocenters. The quantitative estimate of drug-likeness (QED) is 0.718. The summed E-state index contributed by atoms with van der Waals surface area (Å²) in [6.45, 7) is 0. The number of urea groups is 1. The van der Waals surface area contributed by atoms with E-state index < -0.39 is 11.4 Å². The smallest absolute Gasteiger partial charge is 0.277 e. The van der Waals surface area contributed by atoms with Crippen LogP contribution in [0.5, 0.6) is 0 Å². The van der Waals surface area contributed by atoms with Crippen molar-refractivity contribution in [3.8, 4) is 0 Å². The Balaban J connectivity index is 1.91. The number of amides is 4. The molecule has 98 valence electrons. The van der Waals surface area contributed by atoms with Crippen molar-refractivity contribution < 1.29 is 14.4 Å². The summed E-state index contributed by atoms with van der Waals surface area (Å²) in [7, 11) is 0. The van der Waals surface area contributed by atoms with Crippen molar-refractivity contribution in [2.75, 3.05) is 0 Å². The van der Waals surface area contributed by atoms with Crippen LogP contribution < -0.4 is 5.32 Å². The van der Waals surface area contributed by atoms with Gasteiger partial charge in [-0.3, -0.25) is 19.8 Å². The van der Waals surface area contributed by atoms with Crippen molar-refractivity contribution in [1.82, 2.24) is 10.2 Å². The summed E-state index contributed by atoms with van der Waals surface area (Å²) in [4.78, 5) is 37.9. The van der Waals surface area contributed by atoms with E-state index in [1.54, 1.807) is 0 Å². The predicted octanol–water partition coefficient (Wildman–Crippen LogP) is 1.57. The van der Waals surface area contributed by atoms with E-state index in [2.05, 4.69) is 5.32 Å². The molecular formula is C13H18N2O3. The van der Waals surface area contributed by atoms with Gasteiger partial charge in [0.2, 0.25) is 11.8 Å². The fourth-order valence-corrected chi connectivity index (χ4v) is 3.27. The van der Waals surface area contributed by atoms with Gasteiger partial charge in [0.1, 0.15) is 5.41 Å². The number of carbonyl (C=O) groups is 3. The average molecular weight is 250 g/mol. The third-order valence-corrected chi connectivity index (χ3v) is 4.65. The minimum Gasteiger partial charge on any atom is -0.277 e. The lowest BCUT2D eigenvalue weighted by Crippen LogP contribution is -2.67. The fraction of sp³-hybridized carbons (Fsp3) is 0.769. The zero-order valence-electron chi connectivity index (χ0n) is 10.4. The molecule has 0 bridgehead atoms. The Kier molecular flexibility index (Phi) is 2.64. The average Bonchev–Trinajstić information content (AvgIpc) is 2.31. The Labute approximate surface area is 106 Å². The summed E-state index contributed by atoms with van der Waals surface area (Å²) in [5.41, 5.74) is -0.943. The minimum atomic E-state index is -0.943. The molecule has 1 saturated heterocycles. The third kappa shape index (κ3) is 1.49. The monoisotopic (exact) mass is 250 g/mol. The number of hydrogen-bond acceptors (Lipinski definition) is 3. The van der Waals surface area contributed by atoms with Gasteiger partial charge >= 0.3 is 6.03 Å². The normalized spacial score (nSPS) is 28.2. The highest BCUT2D eigenvalue weighted by atomic mass is 16.2. The first kappa shape index (κ1) is 11.7. The molecular weight excluding hydrogens is 232 g/mol. The molecule has 5 nitrogen and oxygen atoms in total. The number of barbiturate groups is 1. The standard InChI is InChI=1S/C13H18N2O3/c16-10-13(7-2-1-3-8-13)11(17)15(12(18)14-10)9-5-4-6-9/h9H,1-8H2,(H,14,16,18). The number of rotatable bonds is 1. The molecule has 0 aromatic rings. The molecule has 5 heteroatoms. The third-order valence-electron chi connectivity index (χ3n) is 4.65. The molecule has 2 saturated carbocycles. The van der Waals surface area contributed by atoms with Crippen molar-refractivity contribution in [2.45, 2.75) is 57.4 Å². The van der Waals surface area contributed by atoms with Gasteiger partial charge in [-0.05, 0) is 32.1 Å². The topological polar surface area (TPSA) is 66.5 Å². The Morgan fingerprint density at radius 1 is 1.00 bits per heavy atom.